The first-order valence-corrected chi connectivity index (χ1v) is 6.46. The zero-order valence-electron chi connectivity index (χ0n) is 10.8. The van der Waals surface area contributed by atoms with Gasteiger partial charge in [0.2, 0.25) is 0 Å². The number of para-hydroxylation sites is 1. The topological polar surface area (TPSA) is 26.7 Å². The summed E-state index contributed by atoms with van der Waals surface area (Å²) in [4.78, 5) is 4.84. The summed E-state index contributed by atoms with van der Waals surface area (Å²) in [5.74, 6) is 0. The molecule has 1 fully saturated rings. The van der Waals surface area contributed by atoms with Crippen LogP contribution in [0.3, 0.4) is 0 Å². The molecule has 1 saturated heterocycles. The van der Waals surface area contributed by atoms with Gasteiger partial charge in [0.05, 0.1) is 6.10 Å². The second kappa shape index (κ2) is 5.52. The Hall–Kier alpha value is -1.06. The van der Waals surface area contributed by atoms with Gasteiger partial charge in [0.25, 0.3) is 0 Å². The van der Waals surface area contributed by atoms with Crippen molar-refractivity contribution in [2.75, 3.05) is 37.6 Å². The van der Waals surface area contributed by atoms with E-state index in [2.05, 4.69) is 22.8 Å². The van der Waals surface area contributed by atoms with Gasteiger partial charge in [-0.2, -0.15) is 0 Å². The van der Waals surface area contributed by atoms with E-state index in [1.807, 2.05) is 25.1 Å². The minimum Gasteiger partial charge on any atom is -0.389 e. The highest BCUT2D eigenvalue weighted by Gasteiger charge is 2.18. The minimum absolute atomic E-state index is 0.393. The molecule has 1 aliphatic rings. The van der Waals surface area contributed by atoms with Crippen LogP contribution in [0.5, 0.6) is 0 Å². The molecule has 3 nitrogen and oxygen atoms in total. The molecule has 17 heavy (non-hydrogen) atoms. The first-order valence-electron chi connectivity index (χ1n) is 6.46. The zero-order chi connectivity index (χ0) is 12.3. The minimum atomic E-state index is -0.393. The predicted octanol–water partition coefficient (Wildman–Crippen LogP) is 1.88. The van der Waals surface area contributed by atoms with E-state index in [-0.39, 0.29) is 0 Å². The van der Waals surface area contributed by atoms with Gasteiger partial charge in [-0.25, -0.2) is 0 Å². The maximum atomic E-state index is 9.80. The molecule has 3 heteroatoms. The maximum Gasteiger partial charge on any atom is 0.0781 e. The average Bonchev–Trinajstić information content (AvgIpc) is 2.39. The molecule has 1 heterocycles. The van der Waals surface area contributed by atoms with Crippen LogP contribution in [0.4, 0.5) is 5.69 Å². The van der Waals surface area contributed by atoms with Crippen molar-refractivity contribution in [3.05, 3.63) is 29.8 Å². The Labute approximate surface area is 104 Å². The fourth-order valence-corrected chi connectivity index (χ4v) is 2.43. The van der Waals surface area contributed by atoms with Crippen LogP contribution in [0.15, 0.2) is 24.3 Å². The van der Waals surface area contributed by atoms with Crippen LogP contribution in [0.1, 0.15) is 25.5 Å². The van der Waals surface area contributed by atoms with E-state index >= 15 is 0 Å². The van der Waals surface area contributed by atoms with Gasteiger partial charge in [-0.3, -0.25) is 0 Å². The Morgan fingerprint density at radius 1 is 1.18 bits per heavy atom. The van der Waals surface area contributed by atoms with Crippen molar-refractivity contribution < 1.29 is 5.11 Å². The highest BCUT2D eigenvalue weighted by atomic mass is 16.3. The quantitative estimate of drug-likeness (QED) is 0.865. The van der Waals surface area contributed by atoms with Crippen LogP contribution >= 0.6 is 0 Å². The molecule has 1 atom stereocenters. The summed E-state index contributed by atoms with van der Waals surface area (Å²) in [6, 6.07) is 8.18. The van der Waals surface area contributed by atoms with Gasteiger partial charge in [0.15, 0.2) is 0 Å². The van der Waals surface area contributed by atoms with Crippen molar-refractivity contribution in [2.24, 2.45) is 0 Å². The number of hydrogen-bond acceptors (Lipinski definition) is 3. The van der Waals surface area contributed by atoms with Crippen molar-refractivity contribution >= 4 is 5.69 Å². The second-order valence-electron chi connectivity index (χ2n) is 4.66. The Bertz CT molecular complexity index is 357. The van der Waals surface area contributed by atoms with E-state index in [1.165, 1.54) is 5.69 Å². The van der Waals surface area contributed by atoms with Gasteiger partial charge in [0, 0.05) is 37.4 Å². The lowest BCUT2D eigenvalue weighted by molar-refractivity contribution is 0.199. The van der Waals surface area contributed by atoms with E-state index in [1.54, 1.807) is 0 Å². The molecule has 1 aromatic rings. The number of likely N-dealkylation sites (N-methyl/N-ethyl adjacent to an activating group) is 1. The van der Waals surface area contributed by atoms with Gasteiger partial charge < -0.3 is 14.9 Å². The van der Waals surface area contributed by atoms with Crippen LogP contribution in [0.2, 0.25) is 0 Å². The van der Waals surface area contributed by atoms with Crippen LogP contribution in [0.25, 0.3) is 0 Å². The van der Waals surface area contributed by atoms with Crippen molar-refractivity contribution in [1.29, 1.82) is 0 Å². The molecule has 0 spiro atoms. The molecular formula is C14H22N2O. The molecule has 1 aliphatic heterocycles. The Kier molecular flexibility index (Phi) is 4.02. The molecule has 2 rings (SSSR count). The molecule has 1 unspecified atom stereocenters. The summed E-state index contributed by atoms with van der Waals surface area (Å²) < 4.78 is 0. The molecule has 0 aliphatic carbocycles. The summed E-state index contributed by atoms with van der Waals surface area (Å²) >= 11 is 0. The van der Waals surface area contributed by atoms with Gasteiger partial charge >= 0.3 is 0 Å². The van der Waals surface area contributed by atoms with E-state index in [4.69, 9.17) is 0 Å². The third-order valence-corrected chi connectivity index (χ3v) is 3.55. The number of benzene rings is 1. The number of aliphatic hydroxyl groups excluding tert-OH is 1. The van der Waals surface area contributed by atoms with Crippen LogP contribution in [-0.2, 0) is 0 Å². The normalized spacial score (nSPS) is 19.4. The summed E-state index contributed by atoms with van der Waals surface area (Å²) in [6.45, 7) is 9.51. The van der Waals surface area contributed by atoms with Gasteiger partial charge in [-0.15, -0.1) is 0 Å². The highest BCUT2D eigenvalue weighted by Crippen LogP contribution is 2.26. The summed E-state index contributed by atoms with van der Waals surface area (Å²) in [7, 11) is 0. The third kappa shape index (κ3) is 2.79. The number of nitrogens with zero attached hydrogens (tertiary/aromatic N) is 2. The molecule has 0 amide bonds. The highest BCUT2D eigenvalue weighted by molar-refractivity contribution is 5.54. The summed E-state index contributed by atoms with van der Waals surface area (Å²) in [5.41, 5.74) is 2.23. The van der Waals surface area contributed by atoms with E-state index in [9.17, 15) is 5.11 Å². The van der Waals surface area contributed by atoms with Crippen LogP contribution in [-0.4, -0.2) is 42.7 Å². The standard InChI is InChI=1S/C14H22N2O/c1-3-15-8-10-16(11-9-15)14-7-5-4-6-13(14)12(2)17/h4-7,12,17H,3,8-11H2,1-2H3. The Morgan fingerprint density at radius 3 is 2.41 bits per heavy atom. The van der Waals surface area contributed by atoms with Crippen molar-refractivity contribution in [3.63, 3.8) is 0 Å². The van der Waals surface area contributed by atoms with E-state index in [0.717, 1.165) is 38.3 Å². The number of anilines is 1. The molecule has 1 N–H and O–H groups in total. The number of rotatable bonds is 3. The van der Waals surface area contributed by atoms with Gasteiger partial charge in [-0.1, -0.05) is 25.1 Å². The van der Waals surface area contributed by atoms with Gasteiger partial charge in [0.1, 0.15) is 0 Å². The number of piperazine rings is 1. The lowest BCUT2D eigenvalue weighted by Gasteiger charge is -2.36. The van der Waals surface area contributed by atoms with Crippen molar-refractivity contribution in [2.45, 2.75) is 20.0 Å². The molecule has 0 saturated carbocycles. The van der Waals surface area contributed by atoms with Crippen molar-refractivity contribution in [3.8, 4) is 0 Å². The molecule has 0 aromatic heterocycles. The van der Waals surface area contributed by atoms with E-state index in [0.29, 0.717) is 0 Å². The molecule has 0 bridgehead atoms. The van der Waals surface area contributed by atoms with Gasteiger partial charge in [-0.05, 0) is 19.5 Å². The molecule has 94 valence electrons. The van der Waals surface area contributed by atoms with E-state index < -0.39 is 6.10 Å². The monoisotopic (exact) mass is 234 g/mol. The third-order valence-electron chi connectivity index (χ3n) is 3.55. The summed E-state index contributed by atoms with van der Waals surface area (Å²) in [5, 5.41) is 9.80. The maximum absolute atomic E-state index is 9.80. The van der Waals surface area contributed by atoms with Crippen molar-refractivity contribution in [1.82, 2.24) is 4.90 Å². The second-order valence-corrected chi connectivity index (χ2v) is 4.66. The predicted molar refractivity (Wildman–Crippen MR) is 71.4 cm³/mol. The Morgan fingerprint density at radius 2 is 1.82 bits per heavy atom. The lowest BCUT2D eigenvalue weighted by Crippen LogP contribution is -2.46. The summed E-state index contributed by atoms with van der Waals surface area (Å²) in [6.07, 6.45) is -0.393. The zero-order valence-corrected chi connectivity index (χ0v) is 10.8. The fourth-order valence-electron chi connectivity index (χ4n) is 2.43. The molecule has 1 aromatic carbocycles. The van der Waals surface area contributed by atoms with Crippen LogP contribution < -0.4 is 4.90 Å². The Balaban J connectivity index is 2.13. The molecule has 0 radical (unpaired) electrons. The van der Waals surface area contributed by atoms with Crippen LogP contribution in [0, 0.1) is 0 Å². The molecular weight excluding hydrogens is 212 g/mol. The number of aliphatic hydroxyl groups is 1. The first-order chi connectivity index (χ1) is 8.22. The lowest BCUT2D eigenvalue weighted by atomic mass is 10.1. The SMILES string of the molecule is CCN1CCN(c2ccccc2C(C)O)CC1. The number of hydrogen-bond donors (Lipinski definition) is 1. The first kappa shape index (κ1) is 12.4. The smallest absolute Gasteiger partial charge is 0.0781 e. The fraction of sp³-hybridized carbons (Fsp3) is 0.571. The largest absolute Gasteiger partial charge is 0.389 e. The average molecular weight is 234 g/mol.